The van der Waals surface area contributed by atoms with Crippen LogP contribution < -0.4 is 16.9 Å². The van der Waals surface area contributed by atoms with E-state index in [2.05, 4.69) is 4.98 Å². The highest BCUT2D eigenvalue weighted by Crippen LogP contribution is 2.17. The van der Waals surface area contributed by atoms with Crippen molar-refractivity contribution in [2.45, 2.75) is 6.92 Å². The molecule has 0 bridgehead atoms. The molecule has 5 heteroatoms. The van der Waals surface area contributed by atoms with Crippen molar-refractivity contribution in [2.24, 2.45) is 5.73 Å². The normalized spacial score (nSPS) is 10.2. The Morgan fingerprint density at radius 1 is 1.21 bits per heavy atom. The molecule has 96 valence electrons. The lowest BCUT2D eigenvalue weighted by atomic mass is 9.99. The zero-order valence-electron chi connectivity index (χ0n) is 10.6. The summed E-state index contributed by atoms with van der Waals surface area (Å²) in [7, 11) is 0. The van der Waals surface area contributed by atoms with Crippen LogP contribution in [0.4, 0.5) is 5.69 Å². The monoisotopic (exact) mass is 255 g/mol. The quantitative estimate of drug-likeness (QED) is 0.516. The van der Waals surface area contributed by atoms with E-state index in [1.54, 1.807) is 30.5 Å². The first-order valence-electron chi connectivity index (χ1n) is 5.74. The Kier molecular flexibility index (Phi) is 3.29. The number of nitrogen functional groups attached to an aromatic ring is 1. The maximum absolute atomic E-state index is 11.2. The summed E-state index contributed by atoms with van der Waals surface area (Å²) < 4.78 is 0. The number of anilines is 1. The third kappa shape index (κ3) is 2.60. The molecular formula is C14H15N4O+. The number of aromatic nitrogens is 1. The first kappa shape index (κ1) is 12.8. The molecule has 0 spiro atoms. The van der Waals surface area contributed by atoms with Gasteiger partial charge in [0.1, 0.15) is 0 Å². The van der Waals surface area contributed by atoms with Gasteiger partial charge in [-0.15, -0.1) is 0 Å². The van der Waals surface area contributed by atoms with Gasteiger partial charge in [-0.3, -0.25) is 15.2 Å². The molecule has 1 aromatic carbocycles. The average Bonchev–Trinajstić information content (AvgIpc) is 2.38. The van der Waals surface area contributed by atoms with Gasteiger partial charge in [-0.25, -0.2) is 0 Å². The molecule has 0 saturated heterocycles. The SMILES string of the molecule is Cc1cc(C(=[NH2+])c2cc(C(N)=O)ccc2N)ccn1. The van der Waals surface area contributed by atoms with E-state index in [-0.39, 0.29) is 0 Å². The molecule has 1 heterocycles. The van der Waals surface area contributed by atoms with Gasteiger partial charge in [0.2, 0.25) is 11.6 Å². The van der Waals surface area contributed by atoms with Gasteiger partial charge >= 0.3 is 0 Å². The Labute approximate surface area is 110 Å². The molecule has 19 heavy (non-hydrogen) atoms. The first-order valence-corrected chi connectivity index (χ1v) is 5.74. The fourth-order valence-electron chi connectivity index (χ4n) is 1.81. The van der Waals surface area contributed by atoms with Crippen molar-refractivity contribution >= 4 is 17.3 Å². The van der Waals surface area contributed by atoms with Gasteiger partial charge < -0.3 is 11.5 Å². The van der Waals surface area contributed by atoms with Crippen LogP contribution in [0, 0.1) is 6.92 Å². The van der Waals surface area contributed by atoms with E-state index >= 15 is 0 Å². The van der Waals surface area contributed by atoms with Gasteiger partial charge in [0.05, 0.1) is 5.56 Å². The van der Waals surface area contributed by atoms with Gasteiger partial charge in [0.25, 0.3) is 0 Å². The predicted octanol–water partition coefficient (Wildman–Crippen LogP) is -0.332. The number of hydrogen-bond acceptors (Lipinski definition) is 3. The number of primary amides is 1. The molecule has 0 aliphatic rings. The van der Waals surface area contributed by atoms with Crippen molar-refractivity contribution in [3.63, 3.8) is 0 Å². The van der Waals surface area contributed by atoms with E-state index in [9.17, 15) is 4.79 Å². The van der Waals surface area contributed by atoms with Gasteiger partial charge in [-0.2, -0.15) is 0 Å². The predicted molar refractivity (Wildman–Crippen MR) is 73.5 cm³/mol. The van der Waals surface area contributed by atoms with E-state index < -0.39 is 5.91 Å². The van der Waals surface area contributed by atoms with E-state index in [1.807, 2.05) is 13.0 Å². The molecule has 0 unspecified atom stereocenters. The molecule has 1 aromatic heterocycles. The maximum Gasteiger partial charge on any atom is 0.248 e. The Morgan fingerprint density at radius 2 is 1.95 bits per heavy atom. The Bertz CT molecular complexity index is 664. The van der Waals surface area contributed by atoms with Gasteiger partial charge in [-0.1, -0.05) is 0 Å². The second-order valence-electron chi connectivity index (χ2n) is 4.27. The highest BCUT2D eigenvalue weighted by molar-refractivity contribution is 6.13. The maximum atomic E-state index is 11.2. The molecule has 0 atom stereocenters. The summed E-state index contributed by atoms with van der Waals surface area (Å²) >= 11 is 0. The number of aryl methyl sites for hydroxylation is 1. The molecule has 0 saturated carbocycles. The standard InChI is InChI=1S/C14H14N4O/c1-8-6-9(4-5-18-8)13(16)11-7-10(14(17)19)2-3-12(11)15/h2-7,16H,15H2,1H3,(H2,17,19)/p+1. The number of amides is 1. The van der Waals surface area contributed by atoms with E-state index in [4.69, 9.17) is 16.9 Å². The molecule has 0 aliphatic heterocycles. The van der Waals surface area contributed by atoms with Crippen LogP contribution in [0.25, 0.3) is 0 Å². The number of pyridine rings is 1. The highest BCUT2D eigenvalue weighted by Gasteiger charge is 2.16. The third-order valence-corrected chi connectivity index (χ3v) is 2.84. The summed E-state index contributed by atoms with van der Waals surface area (Å²) in [6.45, 7) is 1.87. The van der Waals surface area contributed by atoms with Crippen LogP contribution in [0.1, 0.15) is 27.2 Å². The fraction of sp³-hybridized carbons (Fsp3) is 0.0714. The minimum atomic E-state index is -0.514. The van der Waals surface area contributed by atoms with Crippen LogP contribution in [0.5, 0.6) is 0 Å². The Morgan fingerprint density at radius 3 is 2.58 bits per heavy atom. The summed E-state index contributed by atoms with van der Waals surface area (Å²) in [6.07, 6.45) is 1.67. The molecule has 0 fully saturated rings. The summed E-state index contributed by atoms with van der Waals surface area (Å²) in [5.41, 5.74) is 14.8. The fourth-order valence-corrected chi connectivity index (χ4v) is 1.81. The zero-order valence-corrected chi connectivity index (χ0v) is 10.6. The molecular weight excluding hydrogens is 240 g/mol. The first-order chi connectivity index (χ1) is 8.99. The van der Waals surface area contributed by atoms with Gasteiger partial charge in [0.15, 0.2) is 0 Å². The largest absolute Gasteiger partial charge is 0.398 e. The van der Waals surface area contributed by atoms with E-state index in [0.29, 0.717) is 22.5 Å². The van der Waals surface area contributed by atoms with Crippen molar-refractivity contribution in [3.8, 4) is 0 Å². The number of nitrogens with two attached hydrogens (primary N) is 3. The smallest absolute Gasteiger partial charge is 0.248 e. The molecule has 6 N–H and O–H groups in total. The number of hydrogen-bond donors (Lipinski definition) is 3. The Hall–Kier alpha value is -2.69. The number of benzene rings is 1. The average molecular weight is 255 g/mol. The lowest BCUT2D eigenvalue weighted by Crippen LogP contribution is -2.41. The van der Waals surface area contributed by atoms with Crippen molar-refractivity contribution in [3.05, 3.63) is 58.9 Å². The summed E-state index contributed by atoms with van der Waals surface area (Å²) in [5.74, 6) is -0.514. The van der Waals surface area contributed by atoms with Crippen LogP contribution in [0.2, 0.25) is 0 Å². The van der Waals surface area contributed by atoms with Crippen molar-refractivity contribution in [1.82, 2.24) is 4.98 Å². The number of carbonyl (C=O) groups is 1. The second kappa shape index (κ2) is 4.89. The lowest BCUT2D eigenvalue weighted by Gasteiger charge is -2.06. The van der Waals surface area contributed by atoms with Gasteiger partial charge in [-0.05, 0) is 37.3 Å². The lowest BCUT2D eigenvalue weighted by molar-refractivity contribution is -0.111. The van der Waals surface area contributed by atoms with Crippen LogP contribution >= 0.6 is 0 Å². The van der Waals surface area contributed by atoms with Gasteiger partial charge in [0, 0.05) is 28.7 Å². The molecule has 2 rings (SSSR count). The molecule has 2 aromatic rings. The van der Waals surface area contributed by atoms with Crippen LogP contribution in [-0.2, 0) is 0 Å². The van der Waals surface area contributed by atoms with Crippen molar-refractivity contribution in [2.75, 3.05) is 5.73 Å². The zero-order chi connectivity index (χ0) is 14.0. The number of rotatable bonds is 3. The number of carbonyl (C=O) groups excluding carboxylic acids is 1. The van der Waals surface area contributed by atoms with Crippen molar-refractivity contribution in [1.29, 1.82) is 0 Å². The highest BCUT2D eigenvalue weighted by atomic mass is 16.1. The second-order valence-corrected chi connectivity index (χ2v) is 4.27. The summed E-state index contributed by atoms with van der Waals surface area (Å²) in [4.78, 5) is 15.3. The molecule has 0 aliphatic carbocycles. The minimum absolute atomic E-state index is 0.373. The number of nitrogens with zero attached hydrogens (tertiary/aromatic N) is 1. The topological polar surface area (TPSA) is 108 Å². The van der Waals surface area contributed by atoms with E-state index in [1.165, 1.54) is 0 Å². The summed E-state index contributed by atoms with van der Waals surface area (Å²) in [5, 5.41) is 6.11. The molecule has 5 nitrogen and oxygen atoms in total. The van der Waals surface area contributed by atoms with Crippen LogP contribution in [0.3, 0.4) is 0 Å². The molecule has 0 radical (unpaired) electrons. The molecule has 1 amide bonds. The van der Waals surface area contributed by atoms with Crippen LogP contribution in [0.15, 0.2) is 36.5 Å². The minimum Gasteiger partial charge on any atom is -0.398 e. The van der Waals surface area contributed by atoms with E-state index in [0.717, 1.165) is 11.3 Å². The third-order valence-electron chi connectivity index (χ3n) is 2.84. The van der Waals surface area contributed by atoms with Crippen molar-refractivity contribution < 1.29 is 10.2 Å². The Balaban J connectivity index is 2.49. The summed E-state index contributed by atoms with van der Waals surface area (Å²) in [6, 6.07) is 8.44. The van der Waals surface area contributed by atoms with Crippen LogP contribution in [-0.4, -0.2) is 16.6 Å².